The third-order valence-corrected chi connectivity index (χ3v) is 5.21. The van der Waals surface area contributed by atoms with Crippen LogP contribution in [0.5, 0.6) is 0 Å². The Labute approximate surface area is 149 Å². The summed E-state index contributed by atoms with van der Waals surface area (Å²) in [6.45, 7) is 6.42. The molecule has 0 heterocycles. The molecule has 0 bridgehead atoms. The molecule has 0 saturated carbocycles. The Hall–Kier alpha value is -2.34. The lowest BCUT2D eigenvalue weighted by atomic mass is 10.1. The Kier molecular flexibility index (Phi) is 6.20. The van der Waals surface area contributed by atoms with Crippen molar-refractivity contribution in [1.82, 2.24) is 5.32 Å². The van der Waals surface area contributed by atoms with Crippen molar-refractivity contribution in [1.29, 1.82) is 0 Å². The van der Waals surface area contributed by atoms with Gasteiger partial charge in [0, 0.05) is 12.1 Å². The average Bonchev–Trinajstić information content (AvgIpc) is 2.57. The predicted octanol–water partition coefficient (Wildman–Crippen LogP) is 3.63. The summed E-state index contributed by atoms with van der Waals surface area (Å²) in [6.07, 6.45) is 1.87. The molecule has 0 spiro atoms. The van der Waals surface area contributed by atoms with Gasteiger partial charge >= 0.3 is 0 Å². The molecule has 6 heteroatoms. The van der Waals surface area contributed by atoms with E-state index in [9.17, 15) is 13.2 Å². The summed E-state index contributed by atoms with van der Waals surface area (Å²) in [6, 6.07) is 11.6. The third kappa shape index (κ3) is 5.06. The van der Waals surface area contributed by atoms with Crippen LogP contribution >= 0.6 is 0 Å². The summed E-state index contributed by atoms with van der Waals surface area (Å²) >= 11 is 0. The molecule has 2 rings (SSSR count). The van der Waals surface area contributed by atoms with E-state index >= 15 is 0 Å². The van der Waals surface area contributed by atoms with Gasteiger partial charge < -0.3 is 5.32 Å². The largest absolute Gasteiger partial charge is 0.352 e. The number of carbonyl (C=O) groups excluding carboxylic acids is 1. The fourth-order valence-electron chi connectivity index (χ4n) is 2.42. The van der Waals surface area contributed by atoms with Crippen molar-refractivity contribution >= 4 is 21.6 Å². The fourth-order valence-corrected chi connectivity index (χ4v) is 3.59. The van der Waals surface area contributed by atoms with Crippen LogP contribution in [0.25, 0.3) is 0 Å². The van der Waals surface area contributed by atoms with Gasteiger partial charge in [0.15, 0.2) is 0 Å². The van der Waals surface area contributed by atoms with E-state index in [1.165, 1.54) is 12.1 Å². The van der Waals surface area contributed by atoms with Gasteiger partial charge in [-0.3, -0.25) is 9.52 Å². The standard InChI is InChI=1S/C19H24N2O3S/c1-4-5-11-20-19(22)16-7-6-8-17(13-16)25(23,24)21-18-10-9-14(2)12-15(18)3/h6-10,12-13,21H,4-5,11H2,1-3H3,(H,20,22). The molecule has 0 saturated heterocycles. The summed E-state index contributed by atoms with van der Waals surface area (Å²) in [5.74, 6) is -0.267. The fraction of sp³-hybridized carbons (Fsp3) is 0.316. The molecule has 0 atom stereocenters. The summed E-state index contributed by atoms with van der Waals surface area (Å²) in [5, 5.41) is 2.79. The number of hydrogen-bond donors (Lipinski definition) is 2. The number of unbranched alkanes of at least 4 members (excludes halogenated alkanes) is 1. The van der Waals surface area contributed by atoms with Crippen molar-refractivity contribution < 1.29 is 13.2 Å². The zero-order valence-electron chi connectivity index (χ0n) is 14.8. The maximum Gasteiger partial charge on any atom is 0.261 e. The molecule has 25 heavy (non-hydrogen) atoms. The molecule has 0 aliphatic rings. The van der Waals surface area contributed by atoms with Crippen LogP contribution in [0.2, 0.25) is 0 Å². The molecule has 0 aliphatic carbocycles. The van der Waals surface area contributed by atoms with Gasteiger partial charge in [-0.25, -0.2) is 8.42 Å². The van der Waals surface area contributed by atoms with Crippen molar-refractivity contribution in [3.05, 3.63) is 59.2 Å². The Bertz CT molecular complexity index is 861. The second-order valence-electron chi connectivity index (χ2n) is 6.06. The Morgan fingerprint density at radius 2 is 1.84 bits per heavy atom. The Balaban J connectivity index is 2.22. The normalized spacial score (nSPS) is 11.2. The maximum absolute atomic E-state index is 12.6. The highest BCUT2D eigenvalue weighted by atomic mass is 32.2. The van der Waals surface area contributed by atoms with Crippen LogP contribution in [-0.2, 0) is 10.0 Å². The van der Waals surface area contributed by atoms with Crippen LogP contribution < -0.4 is 10.0 Å². The van der Waals surface area contributed by atoms with Crippen LogP contribution in [0.15, 0.2) is 47.4 Å². The van der Waals surface area contributed by atoms with Gasteiger partial charge in [-0.2, -0.15) is 0 Å². The average molecular weight is 360 g/mol. The molecular weight excluding hydrogens is 336 g/mol. The molecule has 0 aromatic heterocycles. The van der Waals surface area contributed by atoms with Crippen LogP contribution in [0.3, 0.4) is 0 Å². The number of benzene rings is 2. The lowest BCUT2D eigenvalue weighted by molar-refractivity contribution is 0.0953. The van der Waals surface area contributed by atoms with Gasteiger partial charge in [-0.1, -0.05) is 37.1 Å². The number of carbonyl (C=O) groups is 1. The van der Waals surface area contributed by atoms with Gasteiger partial charge in [0.05, 0.1) is 10.6 Å². The highest BCUT2D eigenvalue weighted by molar-refractivity contribution is 7.92. The molecule has 0 unspecified atom stereocenters. The highest BCUT2D eigenvalue weighted by Gasteiger charge is 2.17. The number of sulfonamides is 1. The lowest BCUT2D eigenvalue weighted by Crippen LogP contribution is -2.24. The van der Waals surface area contributed by atoms with Crippen molar-refractivity contribution in [2.24, 2.45) is 0 Å². The van der Waals surface area contributed by atoms with Gasteiger partial charge in [0.25, 0.3) is 15.9 Å². The number of amides is 1. The molecule has 0 aliphatic heterocycles. The number of anilines is 1. The summed E-state index contributed by atoms with van der Waals surface area (Å²) in [4.78, 5) is 12.2. The molecule has 5 nitrogen and oxygen atoms in total. The van der Waals surface area contributed by atoms with Crippen LogP contribution in [0, 0.1) is 13.8 Å². The number of nitrogens with one attached hydrogen (secondary N) is 2. The van der Waals surface area contributed by atoms with Crippen molar-refractivity contribution in [3.8, 4) is 0 Å². The zero-order chi connectivity index (χ0) is 18.4. The quantitative estimate of drug-likeness (QED) is 0.740. The second kappa shape index (κ2) is 8.16. The van der Waals surface area contributed by atoms with E-state index in [1.807, 2.05) is 32.9 Å². The Morgan fingerprint density at radius 1 is 1.08 bits per heavy atom. The van der Waals surface area contributed by atoms with E-state index in [0.717, 1.165) is 24.0 Å². The van der Waals surface area contributed by atoms with Gasteiger partial charge in [0.1, 0.15) is 0 Å². The topological polar surface area (TPSA) is 75.3 Å². The first-order valence-corrected chi connectivity index (χ1v) is 9.80. The third-order valence-electron chi connectivity index (χ3n) is 3.85. The Morgan fingerprint density at radius 3 is 2.52 bits per heavy atom. The minimum atomic E-state index is -3.76. The maximum atomic E-state index is 12.6. The first-order chi connectivity index (χ1) is 11.8. The van der Waals surface area contributed by atoms with Crippen LogP contribution in [0.1, 0.15) is 41.3 Å². The van der Waals surface area contributed by atoms with Crippen LogP contribution in [0.4, 0.5) is 5.69 Å². The number of aryl methyl sites for hydroxylation is 2. The molecule has 2 N–H and O–H groups in total. The molecule has 0 fully saturated rings. The SMILES string of the molecule is CCCCNC(=O)c1cccc(S(=O)(=O)Nc2ccc(C)cc2C)c1. The van der Waals surface area contributed by atoms with E-state index in [4.69, 9.17) is 0 Å². The first kappa shape index (κ1) is 19.0. The van der Waals surface area contributed by atoms with Gasteiger partial charge in [-0.15, -0.1) is 0 Å². The highest BCUT2D eigenvalue weighted by Crippen LogP contribution is 2.21. The number of hydrogen-bond acceptors (Lipinski definition) is 3. The first-order valence-electron chi connectivity index (χ1n) is 8.32. The monoisotopic (exact) mass is 360 g/mol. The van der Waals surface area contributed by atoms with E-state index < -0.39 is 10.0 Å². The summed E-state index contributed by atoms with van der Waals surface area (Å²) < 4.78 is 27.9. The molecular formula is C19H24N2O3S. The van der Waals surface area contributed by atoms with Gasteiger partial charge in [-0.05, 0) is 50.1 Å². The molecule has 0 radical (unpaired) electrons. The second-order valence-corrected chi connectivity index (χ2v) is 7.74. The molecule has 2 aromatic rings. The minimum absolute atomic E-state index is 0.0654. The number of rotatable bonds is 7. The summed E-state index contributed by atoms with van der Waals surface area (Å²) in [7, 11) is -3.76. The van der Waals surface area contributed by atoms with Crippen molar-refractivity contribution in [2.75, 3.05) is 11.3 Å². The molecule has 1 amide bonds. The predicted molar refractivity (Wildman–Crippen MR) is 100 cm³/mol. The molecule has 2 aromatic carbocycles. The van der Waals surface area contributed by atoms with Crippen molar-refractivity contribution in [3.63, 3.8) is 0 Å². The van der Waals surface area contributed by atoms with E-state index in [-0.39, 0.29) is 10.8 Å². The van der Waals surface area contributed by atoms with E-state index in [1.54, 1.807) is 18.2 Å². The zero-order valence-corrected chi connectivity index (χ0v) is 15.6. The van der Waals surface area contributed by atoms with Gasteiger partial charge in [0.2, 0.25) is 0 Å². The smallest absolute Gasteiger partial charge is 0.261 e. The van der Waals surface area contributed by atoms with Crippen LogP contribution in [-0.4, -0.2) is 20.9 Å². The van der Waals surface area contributed by atoms with E-state index in [2.05, 4.69) is 10.0 Å². The molecule has 134 valence electrons. The lowest BCUT2D eigenvalue weighted by Gasteiger charge is -2.12. The summed E-state index contributed by atoms with van der Waals surface area (Å²) in [5.41, 5.74) is 2.77. The minimum Gasteiger partial charge on any atom is -0.352 e. The van der Waals surface area contributed by atoms with E-state index in [0.29, 0.717) is 17.8 Å². The van der Waals surface area contributed by atoms with Crippen molar-refractivity contribution in [2.45, 2.75) is 38.5 Å².